The van der Waals surface area contributed by atoms with Gasteiger partial charge in [-0.25, -0.2) is 9.07 Å². The molecule has 1 atom stereocenters. The van der Waals surface area contributed by atoms with Crippen molar-refractivity contribution >= 4 is 5.91 Å². The summed E-state index contributed by atoms with van der Waals surface area (Å²) in [4.78, 5) is 14.4. The van der Waals surface area contributed by atoms with Gasteiger partial charge in [0.05, 0.1) is 11.9 Å². The fraction of sp³-hybridized carbons (Fsp3) is 0.438. The zero-order valence-corrected chi connectivity index (χ0v) is 13.1. The van der Waals surface area contributed by atoms with Gasteiger partial charge in [-0.1, -0.05) is 5.21 Å². The first-order chi connectivity index (χ1) is 11.2. The maximum atomic E-state index is 13.0. The summed E-state index contributed by atoms with van der Waals surface area (Å²) in [5, 5.41) is 11.1. The molecule has 0 spiro atoms. The van der Waals surface area contributed by atoms with Crippen LogP contribution in [0.15, 0.2) is 30.5 Å². The third kappa shape index (κ3) is 3.56. The SMILES string of the molecule is CNC[C@H]1CCCN(C(=O)c2cn(-c3ccc(F)cc3)nn2)C1. The lowest BCUT2D eigenvalue weighted by atomic mass is 9.98. The smallest absolute Gasteiger partial charge is 0.276 e. The van der Waals surface area contributed by atoms with Gasteiger partial charge in [-0.05, 0) is 56.6 Å². The number of carbonyl (C=O) groups excluding carboxylic acids is 1. The lowest BCUT2D eigenvalue weighted by Crippen LogP contribution is -2.42. The van der Waals surface area contributed by atoms with E-state index < -0.39 is 0 Å². The summed E-state index contributed by atoms with van der Waals surface area (Å²) in [5.74, 6) is 0.0677. The molecule has 6 nitrogen and oxygen atoms in total. The molecule has 2 aromatic rings. The topological polar surface area (TPSA) is 63.1 Å². The number of aromatic nitrogens is 3. The van der Waals surface area contributed by atoms with Crippen molar-refractivity contribution in [1.29, 1.82) is 0 Å². The second-order valence-corrected chi connectivity index (χ2v) is 5.84. The molecule has 122 valence electrons. The Morgan fingerprint density at radius 3 is 2.91 bits per heavy atom. The second kappa shape index (κ2) is 6.87. The minimum absolute atomic E-state index is 0.0980. The summed E-state index contributed by atoms with van der Waals surface area (Å²) in [7, 11) is 1.93. The average molecular weight is 317 g/mol. The third-order valence-corrected chi connectivity index (χ3v) is 4.10. The highest BCUT2D eigenvalue weighted by Crippen LogP contribution is 2.18. The monoisotopic (exact) mass is 317 g/mol. The van der Waals surface area contributed by atoms with Crippen LogP contribution in [0.4, 0.5) is 4.39 Å². The number of piperidine rings is 1. The van der Waals surface area contributed by atoms with E-state index in [0.29, 0.717) is 17.3 Å². The van der Waals surface area contributed by atoms with Gasteiger partial charge in [-0.2, -0.15) is 0 Å². The lowest BCUT2D eigenvalue weighted by molar-refractivity contribution is 0.0668. The molecular weight excluding hydrogens is 297 g/mol. The number of nitrogens with one attached hydrogen (secondary N) is 1. The Balaban J connectivity index is 1.72. The largest absolute Gasteiger partial charge is 0.337 e. The second-order valence-electron chi connectivity index (χ2n) is 5.84. The van der Waals surface area contributed by atoms with Crippen molar-refractivity contribution in [3.63, 3.8) is 0 Å². The first kappa shape index (κ1) is 15.6. The minimum atomic E-state index is -0.311. The summed E-state index contributed by atoms with van der Waals surface area (Å²) in [6.45, 7) is 2.40. The van der Waals surface area contributed by atoms with E-state index in [2.05, 4.69) is 15.6 Å². The number of hydrogen-bond donors (Lipinski definition) is 1. The highest BCUT2D eigenvalue weighted by atomic mass is 19.1. The summed E-state index contributed by atoms with van der Waals surface area (Å²) in [6.07, 6.45) is 3.73. The van der Waals surface area contributed by atoms with Crippen LogP contribution >= 0.6 is 0 Å². The standard InChI is InChI=1S/C16H20FN5O/c1-18-9-12-3-2-8-21(10-12)16(23)15-11-22(20-19-15)14-6-4-13(17)5-7-14/h4-7,11-12,18H,2-3,8-10H2,1H3/t12-/m1/s1. The molecule has 23 heavy (non-hydrogen) atoms. The van der Waals surface area contributed by atoms with Crippen molar-refractivity contribution in [3.8, 4) is 5.69 Å². The molecule has 1 fully saturated rings. The van der Waals surface area contributed by atoms with Gasteiger partial charge in [0.2, 0.25) is 0 Å². The molecule has 0 aliphatic carbocycles. The van der Waals surface area contributed by atoms with E-state index in [1.165, 1.54) is 16.8 Å². The Labute approximate surface area is 134 Å². The molecule has 0 radical (unpaired) electrons. The summed E-state index contributed by atoms with van der Waals surface area (Å²) in [6, 6.07) is 5.90. The molecule has 0 bridgehead atoms. The van der Waals surface area contributed by atoms with E-state index >= 15 is 0 Å². The van der Waals surface area contributed by atoms with Crippen LogP contribution < -0.4 is 5.32 Å². The molecule has 0 saturated carbocycles. The van der Waals surface area contributed by atoms with E-state index in [0.717, 1.165) is 32.5 Å². The number of benzene rings is 1. The van der Waals surface area contributed by atoms with Crippen LogP contribution in [0.1, 0.15) is 23.3 Å². The molecule has 1 saturated heterocycles. The molecule has 1 amide bonds. The van der Waals surface area contributed by atoms with Gasteiger partial charge in [0, 0.05) is 13.1 Å². The maximum absolute atomic E-state index is 13.0. The van der Waals surface area contributed by atoms with Crippen LogP contribution in [-0.4, -0.2) is 52.5 Å². The highest BCUT2D eigenvalue weighted by Gasteiger charge is 2.25. The van der Waals surface area contributed by atoms with E-state index in [-0.39, 0.29) is 11.7 Å². The summed E-state index contributed by atoms with van der Waals surface area (Å²) in [5.41, 5.74) is 0.990. The first-order valence-corrected chi connectivity index (χ1v) is 7.79. The Morgan fingerprint density at radius 1 is 1.39 bits per heavy atom. The Bertz CT molecular complexity index is 667. The fourth-order valence-electron chi connectivity index (χ4n) is 2.95. The van der Waals surface area contributed by atoms with Crippen molar-refractivity contribution in [1.82, 2.24) is 25.2 Å². The van der Waals surface area contributed by atoms with Crippen molar-refractivity contribution in [2.45, 2.75) is 12.8 Å². The molecule has 1 aromatic heterocycles. The molecule has 2 heterocycles. The number of amides is 1. The van der Waals surface area contributed by atoms with Gasteiger partial charge in [0.1, 0.15) is 5.82 Å². The predicted octanol–water partition coefficient (Wildman–Crippen LogP) is 1.48. The number of rotatable bonds is 4. The number of nitrogens with zero attached hydrogens (tertiary/aromatic N) is 4. The van der Waals surface area contributed by atoms with E-state index in [1.807, 2.05) is 11.9 Å². The van der Waals surface area contributed by atoms with Gasteiger partial charge in [-0.3, -0.25) is 4.79 Å². The molecule has 7 heteroatoms. The van der Waals surface area contributed by atoms with Gasteiger partial charge in [0.15, 0.2) is 5.69 Å². The van der Waals surface area contributed by atoms with Crippen LogP contribution in [-0.2, 0) is 0 Å². The fourth-order valence-corrected chi connectivity index (χ4v) is 2.95. The van der Waals surface area contributed by atoms with E-state index in [1.54, 1.807) is 18.3 Å². The van der Waals surface area contributed by atoms with E-state index in [9.17, 15) is 9.18 Å². The number of likely N-dealkylation sites (tertiary alicyclic amines) is 1. The maximum Gasteiger partial charge on any atom is 0.276 e. The number of hydrogen-bond acceptors (Lipinski definition) is 4. The molecule has 1 N–H and O–H groups in total. The number of halogens is 1. The summed E-state index contributed by atoms with van der Waals surface area (Å²) < 4.78 is 14.5. The normalized spacial score (nSPS) is 18.2. The van der Waals surface area contributed by atoms with Gasteiger partial charge < -0.3 is 10.2 Å². The highest BCUT2D eigenvalue weighted by molar-refractivity contribution is 5.92. The van der Waals surface area contributed by atoms with Crippen LogP contribution in [0.5, 0.6) is 0 Å². The lowest BCUT2D eigenvalue weighted by Gasteiger charge is -2.32. The zero-order valence-electron chi connectivity index (χ0n) is 13.1. The van der Waals surface area contributed by atoms with Crippen molar-refractivity contribution in [3.05, 3.63) is 42.0 Å². The average Bonchev–Trinajstić information content (AvgIpc) is 3.05. The van der Waals surface area contributed by atoms with Crippen molar-refractivity contribution in [2.24, 2.45) is 5.92 Å². The molecule has 1 aliphatic heterocycles. The Hall–Kier alpha value is -2.28. The van der Waals surface area contributed by atoms with Gasteiger partial charge in [-0.15, -0.1) is 5.10 Å². The summed E-state index contributed by atoms with van der Waals surface area (Å²) >= 11 is 0. The quantitative estimate of drug-likeness (QED) is 0.928. The molecule has 1 aliphatic rings. The van der Waals surface area contributed by atoms with E-state index in [4.69, 9.17) is 0 Å². The van der Waals surface area contributed by atoms with Gasteiger partial charge in [0.25, 0.3) is 5.91 Å². The molecular formula is C16H20FN5O. The van der Waals surface area contributed by atoms with Crippen LogP contribution in [0, 0.1) is 11.7 Å². The Morgan fingerprint density at radius 2 is 2.17 bits per heavy atom. The molecule has 0 unspecified atom stereocenters. The minimum Gasteiger partial charge on any atom is -0.337 e. The van der Waals surface area contributed by atoms with Crippen LogP contribution in [0.3, 0.4) is 0 Å². The van der Waals surface area contributed by atoms with Crippen molar-refractivity contribution in [2.75, 3.05) is 26.7 Å². The Kier molecular flexibility index (Phi) is 4.66. The predicted molar refractivity (Wildman–Crippen MR) is 83.9 cm³/mol. The van der Waals surface area contributed by atoms with Crippen molar-refractivity contribution < 1.29 is 9.18 Å². The third-order valence-electron chi connectivity index (χ3n) is 4.10. The zero-order chi connectivity index (χ0) is 16.2. The van der Waals surface area contributed by atoms with Crippen LogP contribution in [0.25, 0.3) is 5.69 Å². The van der Waals surface area contributed by atoms with Gasteiger partial charge >= 0.3 is 0 Å². The van der Waals surface area contributed by atoms with Crippen LogP contribution in [0.2, 0.25) is 0 Å². The number of carbonyl (C=O) groups is 1. The molecule has 3 rings (SSSR count). The molecule has 1 aromatic carbocycles. The first-order valence-electron chi connectivity index (χ1n) is 7.79.